The summed E-state index contributed by atoms with van der Waals surface area (Å²) in [6, 6.07) is 23.7. The number of benzene rings is 3. The molecule has 3 nitrogen and oxygen atoms in total. The van der Waals surface area contributed by atoms with Gasteiger partial charge in [-0.1, -0.05) is 47.7 Å². The van der Waals surface area contributed by atoms with Gasteiger partial charge in [0.15, 0.2) is 0 Å². The number of nitrogens with one attached hydrogen (secondary N) is 1. The van der Waals surface area contributed by atoms with Gasteiger partial charge >= 0.3 is 0 Å². The van der Waals surface area contributed by atoms with Gasteiger partial charge < -0.3 is 10.1 Å². The van der Waals surface area contributed by atoms with E-state index in [1.165, 1.54) is 0 Å². The van der Waals surface area contributed by atoms with Crippen molar-refractivity contribution in [2.75, 3.05) is 11.9 Å². The minimum absolute atomic E-state index is 0.413. The lowest BCUT2D eigenvalue weighted by molar-refractivity contribution is 0.326. The maximum atomic E-state index is 5.96. The number of halogens is 1. The average Bonchev–Trinajstić information content (AvgIpc) is 2.71. The molecule has 0 saturated heterocycles. The Morgan fingerprint density at radius 2 is 1.75 bits per heavy atom. The van der Waals surface area contributed by atoms with Gasteiger partial charge in [-0.05, 0) is 67.9 Å². The molecule has 0 fully saturated rings. The molecule has 0 aliphatic rings. The smallest absolute Gasteiger partial charge is 0.294 e. The quantitative estimate of drug-likeness (QED) is 0.330. The number of ether oxygens (including phenoxy) is 1. The standard InChI is InChI=1S/C24H21ClN2O/c1-3-28-24(26-22-14-12-21(25)13-15-22)27-23-16-9-18(2)17-20(23)11-10-19-7-5-4-6-8-19/h4-9,12-17H,3H2,1-2H3,(H,26,27). The SMILES string of the molecule is CCOC(=Nc1ccc(C)cc1C#Cc1ccccc1)Nc1ccc(Cl)cc1. The zero-order valence-electron chi connectivity index (χ0n) is 15.9. The molecule has 0 saturated carbocycles. The summed E-state index contributed by atoms with van der Waals surface area (Å²) in [4.78, 5) is 4.67. The van der Waals surface area contributed by atoms with Crippen LogP contribution in [0.4, 0.5) is 11.4 Å². The Labute approximate surface area is 171 Å². The molecule has 0 radical (unpaired) electrons. The second kappa shape index (κ2) is 9.64. The predicted octanol–water partition coefficient (Wildman–Crippen LogP) is 6.18. The summed E-state index contributed by atoms with van der Waals surface area (Å²) in [5.74, 6) is 6.43. The Kier molecular flexibility index (Phi) is 6.73. The van der Waals surface area contributed by atoms with Crippen molar-refractivity contribution in [1.29, 1.82) is 0 Å². The summed E-state index contributed by atoms with van der Waals surface area (Å²) in [5.41, 5.74) is 4.53. The van der Waals surface area contributed by atoms with Crippen LogP contribution in [-0.2, 0) is 4.74 Å². The van der Waals surface area contributed by atoms with Crippen molar-refractivity contribution in [3.05, 3.63) is 94.5 Å². The van der Waals surface area contributed by atoms with Crippen molar-refractivity contribution in [2.45, 2.75) is 13.8 Å². The van der Waals surface area contributed by atoms with Crippen molar-refractivity contribution < 1.29 is 4.74 Å². The van der Waals surface area contributed by atoms with Gasteiger partial charge in [0, 0.05) is 16.3 Å². The molecule has 3 aromatic carbocycles. The lowest BCUT2D eigenvalue weighted by atomic mass is 10.1. The van der Waals surface area contributed by atoms with Crippen LogP contribution in [0.25, 0.3) is 0 Å². The van der Waals surface area contributed by atoms with Gasteiger partial charge in [0.1, 0.15) is 0 Å². The molecule has 0 amide bonds. The van der Waals surface area contributed by atoms with Gasteiger partial charge in [-0.15, -0.1) is 0 Å². The van der Waals surface area contributed by atoms with E-state index < -0.39 is 0 Å². The maximum Gasteiger partial charge on any atom is 0.294 e. The second-order valence-corrected chi connectivity index (χ2v) is 6.55. The van der Waals surface area contributed by atoms with Crippen LogP contribution in [0, 0.1) is 18.8 Å². The van der Waals surface area contributed by atoms with E-state index in [0.29, 0.717) is 17.7 Å². The first-order valence-corrected chi connectivity index (χ1v) is 9.43. The van der Waals surface area contributed by atoms with Crippen LogP contribution in [-0.4, -0.2) is 12.6 Å². The molecule has 0 aliphatic carbocycles. The monoisotopic (exact) mass is 388 g/mol. The summed E-state index contributed by atoms with van der Waals surface area (Å²) in [6.07, 6.45) is 0. The van der Waals surface area contributed by atoms with Crippen LogP contribution in [0.1, 0.15) is 23.6 Å². The zero-order chi connectivity index (χ0) is 19.8. The van der Waals surface area contributed by atoms with E-state index in [4.69, 9.17) is 16.3 Å². The third-order valence-electron chi connectivity index (χ3n) is 3.87. The lowest BCUT2D eigenvalue weighted by Crippen LogP contribution is -2.15. The van der Waals surface area contributed by atoms with E-state index in [2.05, 4.69) is 22.2 Å². The highest BCUT2D eigenvalue weighted by Crippen LogP contribution is 2.21. The normalized spacial score (nSPS) is 10.8. The fourth-order valence-corrected chi connectivity index (χ4v) is 2.63. The Hall–Kier alpha value is -3.22. The first-order chi connectivity index (χ1) is 13.6. The van der Waals surface area contributed by atoms with Gasteiger partial charge in [0.05, 0.1) is 17.9 Å². The van der Waals surface area contributed by atoms with Gasteiger partial charge in [-0.3, -0.25) is 0 Å². The van der Waals surface area contributed by atoms with Gasteiger partial charge in [0.2, 0.25) is 0 Å². The van der Waals surface area contributed by atoms with Gasteiger partial charge in [-0.2, -0.15) is 4.99 Å². The molecular formula is C24H21ClN2O. The Morgan fingerprint density at radius 3 is 2.46 bits per heavy atom. The number of rotatable bonds is 3. The fourth-order valence-electron chi connectivity index (χ4n) is 2.51. The van der Waals surface area contributed by atoms with Crippen LogP contribution in [0.2, 0.25) is 5.02 Å². The van der Waals surface area contributed by atoms with Crippen LogP contribution >= 0.6 is 11.6 Å². The highest BCUT2D eigenvalue weighted by Gasteiger charge is 2.05. The van der Waals surface area contributed by atoms with E-state index >= 15 is 0 Å². The molecule has 0 atom stereocenters. The molecule has 1 N–H and O–H groups in total. The number of anilines is 1. The molecule has 0 spiro atoms. The van der Waals surface area contributed by atoms with Crippen LogP contribution in [0.5, 0.6) is 0 Å². The molecule has 4 heteroatoms. The van der Waals surface area contributed by atoms with Crippen molar-refractivity contribution in [3.63, 3.8) is 0 Å². The summed E-state index contributed by atoms with van der Waals surface area (Å²) in [7, 11) is 0. The van der Waals surface area contributed by atoms with E-state index in [1.54, 1.807) is 0 Å². The number of amidine groups is 1. The zero-order valence-corrected chi connectivity index (χ0v) is 16.6. The number of nitrogens with zero attached hydrogens (tertiary/aromatic N) is 1. The van der Waals surface area contributed by atoms with Crippen LogP contribution < -0.4 is 5.32 Å². The molecule has 0 heterocycles. The van der Waals surface area contributed by atoms with Crippen molar-refractivity contribution in [1.82, 2.24) is 0 Å². The molecule has 0 aliphatic heterocycles. The lowest BCUT2D eigenvalue weighted by Gasteiger charge is -2.11. The second-order valence-electron chi connectivity index (χ2n) is 6.12. The minimum Gasteiger partial charge on any atom is -0.465 e. The number of hydrogen-bond acceptors (Lipinski definition) is 2. The highest BCUT2D eigenvalue weighted by molar-refractivity contribution is 6.30. The third-order valence-corrected chi connectivity index (χ3v) is 4.12. The van der Waals surface area contributed by atoms with Crippen molar-refractivity contribution in [3.8, 4) is 11.8 Å². The highest BCUT2D eigenvalue weighted by atomic mass is 35.5. The Morgan fingerprint density at radius 1 is 1.00 bits per heavy atom. The van der Waals surface area contributed by atoms with E-state index in [0.717, 1.165) is 28.1 Å². The molecule has 140 valence electrons. The van der Waals surface area contributed by atoms with Crippen molar-refractivity contribution >= 4 is 29.0 Å². The first kappa shape index (κ1) is 19.5. The van der Waals surface area contributed by atoms with Gasteiger partial charge in [-0.25, -0.2) is 0 Å². The topological polar surface area (TPSA) is 33.6 Å². The molecule has 3 rings (SSSR count). The van der Waals surface area contributed by atoms with Crippen LogP contribution in [0.3, 0.4) is 0 Å². The Balaban J connectivity index is 1.93. The number of aryl methyl sites for hydroxylation is 1. The summed E-state index contributed by atoms with van der Waals surface area (Å²) < 4.78 is 5.69. The van der Waals surface area contributed by atoms with Gasteiger partial charge in [0.25, 0.3) is 6.02 Å². The minimum atomic E-state index is 0.413. The average molecular weight is 389 g/mol. The summed E-state index contributed by atoms with van der Waals surface area (Å²) >= 11 is 5.96. The van der Waals surface area contributed by atoms with E-state index in [9.17, 15) is 0 Å². The van der Waals surface area contributed by atoms with Crippen LogP contribution in [0.15, 0.2) is 77.8 Å². The molecule has 28 heavy (non-hydrogen) atoms. The third kappa shape index (κ3) is 5.64. The Bertz CT molecular complexity index is 1020. The number of hydrogen-bond donors (Lipinski definition) is 1. The fraction of sp³-hybridized carbons (Fsp3) is 0.125. The summed E-state index contributed by atoms with van der Waals surface area (Å²) in [6.45, 7) is 4.46. The first-order valence-electron chi connectivity index (χ1n) is 9.06. The molecule has 0 bridgehead atoms. The molecule has 0 aromatic heterocycles. The predicted molar refractivity (Wildman–Crippen MR) is 117 cm³/mol. The molecular weight excluding hydrogens is 368 g/mol. The van der Waals surface area contributed by atoms with E-state index in [1.807, 2.05) is 86.6 Å². The van der Waals surface area contributed by atoms with Crippen molar-refractivity contribution in [2.24, 2.45) is 4.99 Å². The molecule has 3 aromatic rings. The van der Waals surface area contributed by atoms with E-state index in [-0.39, 0.29) is 0 Å². The summed E-state index contributed by atoms with van der Waals surface area (Å²) in [5, 5.41) is 3.87. The maximum absolute atomic E-state index is 5.96. The number of aliphatic imine (C=N–C) groups is 1. The largest absolute Gasteiger partial charge is 0.465 e. The molecule has 0 unspecified atom stereocenters.